The third kappa shape index (κ3) is 7.18. The molecular formula is C33H30Br2N4O5S2. The number of carbonyl (C=O) groups excluding carboxylic acids is 2. The first-order valence-electron chi connectivity index (χ1n) is 14.1. The summed E-state index contributed by atoms with van der Waals surface area (Å²) in [6.45, 7) is 5.96. The van der Waals surface area contributed by atoms with Crippen LogP contribution in [0.2, 0.25) is 0 Å². The summed E-state index contributed by atoms with van der Waals surface area (Å²) in [4.78, 5) is 29.0. The third-order valence-electron chi connectivity index (χ3n) is 7.52. The van der Waals surface area contributed by atoms with Crippen LogP contribution in [0.4, 0.5) is 0 Å². The smallest absolute Gasteiger partial charge is 0.346 e. The summed E-state index contributed by atoms with van der Waals surface area (Å²) in [5, 5.41) is 19.6. The van der Waals surface area contributed by atoms with Crippen molar-refractivity contribution in [2.75, 3.05) is 6.61 Å². The van der Waals surface area contributed by atoms with Crippen molar-refractivity contribution in [3.8, 4) is 32.5 Å². The number of aryl methyl sites for hydroxylation is 1. The number of aromatic nitrogens is 4. The summed E-state index contributed by atoms with van der Waals surface area (Å²) in [5.74, 6) is -0.104. The van der Waals surface area contributed by atoms with Gasteiger partial charge in [0.05, 0.1) is 9.75 Å². The minimum atomic E-state index is -0.231. The number of carbonyl (C=O) groups is 2. The molecule has 0 unspecified atom stereocenters. The van der Waals surface area contributed by atoms with Crippen LogP contribution in [0, 0.1) is 20.8 Å². The minimum Gasteiger partial charge on any atom is -1.00 e. The molecule has 2 aromatic carbocycles. The Labute approximate surface area is 294 Å². The number of halogens is 2. The molecule has 0 fully saturated rings. The maximum atomic E-state index is 13.5. The van der Waals surface area contributed by atoms with Crippen LogP contribution in [0.5, 0.6) is 0 Å². The van der Waals surface area contributed by atoms with Crippen molar-refractivity contribution < 1.29 is 66.8 Å². The van der Waals surface area contributed by atoms with Crippen LogP contribution in [0.3, 0.4) is 0 Å². The molecule has 0 saturated carbocycles. The van der Waals surface area contributed by atoms with Gasteiger partial charge in [-0.25, -0.2) is 0 Å². The fraction of sp³-hybridized carbons (Fsp3) is 0.212. The number of hydrogen-bond donors (Lipinski definition) is 1. The van der Waals surface area contributed by atoms with Gasteiger partial charge in [-0.3, -0.25) is 9.59 Å². The van der Waals surface area contributed by atoms with Gasteiger partial charge in [0.1, 0.15) is 11.4 Å². The largest absolute Gasteiger partial charge is 1.00 e. The summed E-state index contributed by atoms with van der Waals surface area (Å²) >= 11 is 3.07. The van der Waals surface area contributed by atoms with E-state index < -0.39 is 0 Å². The Balaban J connectivity index is 0.00000240. The lowest BCUT2D eigenvalue weighted by atomic mass is 10.1. The van der Waals surface area contributed by atoms with E-state index in [1.165, 1.54) is 11.3 Å². The van der Waals surface area contributed by atoms with Gasteiger partial charge in [0.15, 0.2) is 11.4 Å². The highest BCUT2D eigenvalue weighted by molar-refractivity contribution is 7.21. The molecule has 46 heavy (non-hydrogen) atoms. The predicted octanol–water partition coefficient (Wildman–Crippen LogP) is -0.405. The Bertz CT molecular complexity index is 1970. The number of rotatable bonds is 11. The molecule has 1 N–H and O–H groups in total. The summed E-state index contributed by atoms with van der Waals surface area (Å²) in [5.41, 5.74) is 4.73. The maximum absolute atomic E-state index is 13.5. The van der Waals surface area contributed by atoms with Crippen LogP contribution < -0.4 is 43.1 Å². The number of ketones is 2. The number of aliphatic hydroxyl groups excluding tert-OH is 1. The van der Waals surface area contributed by atoms with E-state index >= 15 is 0 Å². The minimum absolute atomic E-state index is 0. The van der Waals surface area contributed by atoms with E-state index in [4.69, 9.17) is 9.05 Å². The molecule has 13 heteroatoms. The van der Waals surface area contributed by atoms with Crippen LogP contribution in [0.1, 0.15) is 42.3 Å². The molecular weight excluding hydrogens is 756 g/mol. The number of aliphatic hydroxyl groups is 1. The molecule has 0 aliphatic carbocycles. The van der Waals surface area contributed by atoms with E-state index in [0.29, 0.717) is 17.8 Å². The number of thiazole rings is 2. The van der Waals surface area contributed by atoms with Crippen LogP contribution in [-0.4, -0.2) is 33.6 Å². The maximum Gasteiger partial charge on any atom is 0.346 e. The number of nitrogens with zero attached hydrogens (tertiary/aromatic N) is 4. The molecule has 0 aliphatic heterocycles. The third-order valence-corrected chi connectivity index (χ3v) is 10.2. The van der Waals surface area contributed by atoms with Gasteiger partial charge in [-0.1, -0.05) is 93.7 Å². The van der Waals surface area contributed by atoms with Crippen LogP contribution in [-0.2, 0) is 19.5 Å². The molecule has 0 amide bonds. The van der Waals surface area contributed by atoms with E-state index in [-0.39, 0.29) is 76.7 Å². The van der Waals surface area contributed by atoms with Crippen molar-refractivity contribution in [3.05, 3.63) is 105 Å². The first kappa shape index (κ1) is 35.2. The lowest BCUT2D eigenvalue weighted by molar-refractivity contribution is -0.702. The van der Waals surface area contributed by atoms with Crippen LogP contribution in [0.15, 0.2) is 81.8 Å². The van der Waals surface area contributed by atoms with Gasteiger partial charge in [0, 0.05) is 50.1 Å². The monoisotopic (exact) mass is 784 g/mol. The van der Waals surface area contributed by atoms with Crippen molar-refractivity contribution in [1.29, 1.82) is 0 Å². The lowest BCUT2D eigenvalue weighted by Gasteiger charge is -1.99. The Kier molecular flexibility index (Phi) is 11.7. The molecule has 4 heterocycles. The average molecular weight is 787 g/mol. The predicted molar refractivity (Wildman–Crippen MR) is 166 cm³/mol. The standard InChI is InChI=1S/C33H30N4O5S2.2BrH/c1-20-22(3)43-32(36(20)18-27(39)29-16-25(34-41-29)23-10-6-4-7-11-23)33-37(21(2)31(44-33)14-15-38)19-28(40)30-17-26(35-42-30)24-12-8-5-9-13-24;;/h4-13,16-17,38H,14-15,18-19H2,1-3H3;2*1H/q+2;;/p-2. The van der Waals surface area contributed by atoms with E-state index in [2.05, 4.69) is 10.3 Å². The highest BCUT2D eigenvalue weighted by Gasteiger charge is 2.37. The van der Waals surface area contributed by atoms with Gasteiger partial charge in [-0.05, 0) is 6.92 Å². The number of hydrogen-bond acceptors (Lipinski definition) is 9. The Morgan fingerprint density at radius 2 is 1.17 bits per heavy atom. The molecule has 0 atom stereocenters. The molecule has 238 valence electrons. The SMILES string of the molecule is Cc1sc(-c2sc(CCO)c(C)[n+]2CC(=O)c2cc(-c3ccccc3)no2)[n+](CC(=O)c2cc(-c3ccccc3)no2)c1C.[Br-].[Br-]. The number of benzene rings is 2. The van der Waals surface area contributed by atoms with E-state index in [1.807, 2.05) is 90.6 Å². The van der Waals surface area contributed by atoms with E-state index in [1.54, 1.807) is 23.5 Å². The van der Waals surface area contributed by atoms with Crippen molar-refractivity contribution in [2.45, 2.75) is 40.3 Å². The van der Waals surface area contributed by atoms with Crippen molar-refractivity contribution in [3.63, 3.8) is 0 Å². The van der Waals surface area contributed by atoms with Gasteiger partial charge in [-0.2, -0.15) is 9.13 Å². The van der Waals surface area contributed by atoms with Crippen molar-refractivity contribution in [1.82, 2.24) is 10.3 Å². The first-order valence-corrected chi connectivity index (χ1v) is 15.7. The van der Waals surface area contributed by atoms with E-state index in [0.717, 1.165) is 42.3 Å². The second-order valence-electron chi connectivity index (χ2n) is 10.3. The van der Waals surface area contributed by atoms with Gasteiger partial charge in [-0.15, -0.1) is 0 Å². The molecule has 0 radical (unpaired) electrons. The summed E-state index contributed by atoms with van der Waals surface area (Å²) in [6.07, 6.45) is 0.452. The Hall–Kier alpha value is -3.62. The quantitative estimate of drug-likeness (QED) is 0.141. The molecule has 0 saturated heterocycles. The van der Waals surface area contributed by atoms with E-state index in [9.17, 15) is 14.7 Å². The molecule has 4 aromatic heterocycles. The fourth-order valence-corrected chi connectivity index (χ4v) is 7.44. The molecule has 9 nitrogen and oxygen atoms in total. The molecule has 6 rings (SSSR count). The molecule has 6 aromatic rings. The van der Waals surface area contributed by atoms with Gasteiger partial charge in [0.25, 0.3) is 11.6 Å². The van der Waals surface area contributed by atoms with Gasteiger partial charge >= 0.3 is 10.0 Å². The van der Waals surface area contributed by atoms with Gasteiger partial charge in [0.2, 0.25) is 24.6 Å². The highest BCUT2D eigenvalue weighted by Crippen LogP contribution is 2.31. The second kappa shape index (κ2) is 15.3. The van der Waals surface area contributed by atoms with Gasteiger partial charge < -0.3 is 48.1 Å². The van der Waals surface area contributed by atoms with Crippen molar-refractivity contribution in [2.24, 2.45) is 0 Å². The fourth-order valence-electron chi connectivity index (χ4n) is 4.94. The molecule has 0 spiro atoms. The summed E-state index contributed by atoms with van der Waals surface area (Å²) in [6, 6.07) is 22.4. The lowest BCUT2D eigenvalue weighted by Crippen LogP contribution is -3.00. The average Bonchev–Trinajstić information content (AvgIpc) is 3.84. The van der Waals surface area contributed by atoms with Crippen molar-refractivity contribution >= 4 is 34.2 Å². The zero-order valence-corrected chi connectivity index (χ0v) is 30.0. The Morgan fingerprint density at radius 3 is 1.65 bits per heavy atom. The second-order valence-corrected chi connectivity index (χ2v) is 12.6. The first-order chi connectivity index (χ1) is 21.3. The van der Waals surface area contributed by atoms with Crippen LogP contribution in [0.25, 0.3) is 32.5 Å². The topological polar surface area (TPSA) is 114 Å². The number of Topliss-reactive ketones (excluding diaryl/α,β-unsaturated/α-hetero) is 2. The molecule has 0 bridgehead atoms. The normalized spacial score (nSPS) is 10.8. The Morgan fingerprint density at radius 1 is 0.717 bits per heavy atom. The summed E-state index contributed by atoms with van der Waals surface area (Å²) < 4.78 is 14.8. The van der Waals surface area contributed by atoms with Crippen LogP contribution >= 0.6 is 22.7 Å². The summed E-state index contributed by atoms with van der Waals surface area (Å²) in [7, 11) is 0. The molecule has 0 aliphatic rings. The highest BCUT2D eigenvalue weighted by atomic mass is 79.9. The zero-order chi connectivity index (χ0) is 30.8. The zero-order valence-electron chi connectivity index (χ0n) is 25.2.